The second kappa shape index (κ2) is 8.88. The summed E-state index contributed by atoms with van der Waals surface area (Å²) in [4.78, 5) is 31.3. The Bertz CT molecular complexity index is 247. The van der Waals surface area contributed by atoms with Crippen molar-refractivity contribution < 1.29 is 24.6 Å². The molecule has 0 saturated heterocycles. The lowest BCUT2D eigenvalue weighted by molar-refractivity contribution is -0.140. The van der Waals surface area contributed by atoms with Gasteiger partial charge in [-0.1, -0.05) is 19.3 Å². The van der Waals surface area contributed by atoms with Crippen LogP contribution >= 0.6 is 0 Å². The lowest BCUT2D eigenvalue weighted by atomic mass is 10.1. The molecule has 0 aromatic rings. The van der Waals surface area contributed by atoms with Gasteiger partial charge in [-0.15, -0.1) is 0 Å². The second-order valence-corrected chi connectivity index (χ2v) is 3.77. The van der Waals surface area contributed by atoms with E-state index in [9.17, 15) is 14.4 Å². The molecule has 0 spiro atoms. The summed E-state index contributed by atoms with van der Waals surface area (Å²) in [5, 5.41) is 16.7. The average molecular weight is 230 g/mol. The van der Waals surface area contributed by atoms with Crippen LogP contribution in [0.2, 0.25) is 0 Å². The third-order valence-electron chi connectivity index (χ3n) is 2.19. The molecule has 0 fully saturated rings. The highest BCUT2D eigenvalue weighted by Crippen LogP contribution is 2.08. The van der Waals surface area contributed by atoms with E-state index in [2.05, 4.69) is 0 Å². The van der Waals surface area contributed by atoms with Gasteiger partial charge in [-0.25, -0.2) is 0 Å². The SMILES string of the molecule is O=C(O)CCCCCCCC(=O)CC(=O)O. The van der Waals surface area contributed by atoms with Crippen LogP contribution in [0.4, 0.5) is 0 Å². The van der Waals surface area contributed by atoms with Crippen LogP contribution in [0.25, 0.3) is 0 Å². The molecule has 0 saturated carbocycles. The smallest absolute Gasteiger partial charge is 0.310 e. The minimum absolute atomic E-state index is 0.192. The molecule has 0 amide bonds. The van der Waals surface area contributed by atoms with Gasteiger partial charge in [0.25, 0.3) is 0 Å². The largest absolute Gasteiger partial charge is 0.481 e. The van der Waals surface area contributed by atoms with Gasteiger partial charge in [0.1, 0.15) is 12.2 Å². The van der Waals surface area contributed by atoms with Crippen molar-refractivity contribution in [2.24, 2.45) is 0 Å². The summed E-state index contributed by atoms with van der Waals surface area (Å²) in [6.07, 6.45) is 4.07. The van der Waals surface area contributed by atoms with Crippen LogP contribution in [0.1, 0.15) is 51.4 Å². The van der Waals surface area contributed by atoms with Gasteiger partial charge < -0.3 is 10.2 Å². The maximum atomic E-state index is 11.0. The molecule has 16 heavy (non-hydrogen) atoms. The minimum atomic E-state index is -1.08. The number of carbonyl (C=O) groups excluding carboxylic acids is 1. The number of rotatable bonds is 10. The van der Waals surface area contributed by atoms with Gasteiger partial charge in [0.15, 0.2) is 0 Å². The van der Waals surface area contributed by atoms with E-state index in [1.807, 2.05) is 0 Å². The second-order valence-electron chi connectivity index (χ2n) is 3.77. The van der Waals surface area contributed by atoms with Crippen molar-refractivity contribution in [2.45, 2.75) is 51.4 Å². The fraction of sp³-hybridized carbons (Fsp3) is 0.727. The van der Waals surface area contributed by atoms with Crippen molar-refractivity contribution in [3.8, 4) is 0 Å². The van der Waals surface area contributed by atoms with E-state index in [1.165, 1.54) is 0 Å². The molecule has 92 valence electrons. The Morgan fingerprint density at radius 3 is 1.69 bits per heavy atom. The van der Waals surface area contributed by atoms with Gasteiger partial charge in [0.2, 0.25) is 0 Å². The molecule has 5 heteroatoms. The highest BCUT2D eigenvalue weighted by Gasteiger charge is 2.06. The molecule has 0 aliphatic carbocycles. The molecule has 5 nitrogen and oxygen atoms in total. The number of aliphatic carboxylic acids is 2. The lowest BCUT2D eigenvalue weighted by Gasteiger charge is -1.99. The van der Waals surface area contributed by atoms with Crippen LogP contribution in [-0.2, 0) is 14.4 Å². The fourth-order valence-corrected chi connectivity index (χ4v) is 1.39. The number of hydrogen-bond donors (Lipinski definition) is 2. The number of carboxylic acid groups (broad SMARTS) is 2. The van der Waals surface area contributed by atoms with E-state index >= 15 is 0 Å². The minimum Gasteiger partial charge on any atom is -0.481 e. The van der Waals surface area contributed by atoms with Crippen LogP contribution in [-0.4, -0.2) is 27.9 Å². The van der Waals surface area contributed by atoms with Gasteiger partial charge in [0.05, 0.1) is 0 Å². The van der Waals surface area contributed by atoms with E-state index < -0.39 is 11.9 Å². The first-order chi connectivity index (χ1) is 7.52. The molecule has 0 atom stereocenters. The van der Waals surface area contributed by atoms with E-state index in [-0.39, 0.29) is 18.6 Å². The van der Waals surface area contributed by atoms with Gasteiger partial charge >= 0.3 is 11.9 Å². The van der Waals surface area contributed by atoms with Crippen molar-refractivity contribution in [2.75, 3.05) is 0 Å². The Morgan fingerprint density at radius 2 is 1.19 bits per heavy atom. The highest BCUT2D eigenvalue weighted by molar-refractivity contribution is 5.94. The molecule has 0 radical (unpaired) electrons. The fourth-order valence-electron chi connectivity index (χ4n) is 1.39. The number of hydrogen-bond acceptors (Lipinski definition) is 3. The predicted molar refractivity (Wildman–Crippen MR) is 57.2 cm³/mol. The monoisotopic (exact) mass is 230 g/mol. The number of ketones is 1. The number of carbonyl (C=O) groups is 3. The summed E-state index contributed by atoms with van der Waals surface area (Å²) in [5.74, 6) is -2.10. The van der Waals surface area contributed by atoms with Crippen molar-refractivity contribution in [3.63, 3.8) is 0 Å². The van der Waals surface area contributed by atoms with E-state index in [0.29, 0.717) is 19.3 Å². The quantitative estimate of drug-likeness (QED) is 0.441. The highest BCUT2D eigenvalue weighted by atomic mass is 16.4. The third kappa shape index (κ3) is 10.7. The normalized spacial score (nSPS) is 10.0. The van der Waals surface area contributed by atoms with Gasteiger partial charge in [0, 0.05) is 12.8 Å². The molecule has 0 rings (SSSR count). The van der Waals surface area contributed by atoms with Crippen LogP contribution in [0.5, 0.6) is 0 Å². The summed E-state index contributed by atoms with van der Waals surface area (Å²) in [6, 6.07) is 0. The number of unbranched alkanes of at least 4 members (excludes halogenated alkanes) is 4. The first kappa shape index (κ1) is 14.6. The zero-order chi connectivity index (χ0) is 12.4. The summed E-state index contributed by atoms with van der Waals surface area (Å²) < 4.78 is 0. The lowest BCUT2D eigenvalue weighted by Crippen LogP contribution is -2.05. The van der Waals surface area contributed by atoms with Crippen molar-refractivity contribution in [3.05, 3.63) is 0 Å². The maximum Gasteiger partial charge on any atom is 0.310 e. The zero-order valence-corrected chi connectivity index (χ0v) is 9.28. The van der Waals surface area contributed by atoms with E-state index in [0.717, 1.165) is 19.3 Å². The summed E-state index contributed by atoms with van der Waals surface area (Å²) >= 11 is 0. The van der Waals surface area contributed by atoms with Gasteiger partial charge in [-0.2, -0.15) is 0 Å². The third-order valence-corrected chi connectivity index (χ3v) is 2.19. The Labute approximate surface area is 94.5 Å². The van der Waals surface area contributed by atoms with E-state index in [4.69, 9.17) is 10.2 Å². The van der Waals surface area contributed by atoms with Crippen LogP contribution in [0.15, 0.2) is 0 Å². The standard InChI is InChI=1S/C11H18O5/c12-9(8-11(15)16)6-4-2-1-3-5-7-10(13)14/h1-8H2,(H,13,14)(H,15,16). The van der Waals surface area contributed by atoms with Crippen molar-refractivity contribution in [1.29, 1.82) is 0 Å². The van der Waals surface area contributed by atoms with Crippen LogP contribution < -0.4 is 0 Å². The van der Waals surface area contributed by atoms with Gasteiger partial charge in [-0.3, -0.25) is 14.4 Å². The Kier molecular flexibility index (Phi) is 8.11. The zero-order valence-electron chi connectivity index (χ0n) is 9.28. The van der Waals surface area contributed by atoms with Gasteiger partial charge in [-0.05, 0) is 12.8 Å². The molecule has 0 bridgehead atoms. The molecular formula is C11H18O5. The molecule has 0 unspecified atom stereocenters. The average Bonchev–Trinajstić information content (AvgIpc) is 2.14. The summed E-state index contributed by atoms with van der Waals surface area (Å²) in [7, 11) is 0. The van der Waals surface area contributed by atoms with E-state index in [1.54, 1.807) is 0 Å². The Hall–Kier alpha value is -1.39. The molecule has 0 aliphatic heterocycles. The molecule has 0 aromatic carbocycles. The molecule has 0 aromatic heterocycles. The predicted octanol–water partition coefficient (Wildman–Crippen LogP) is 1.85. The molecular weight excluding hydrogens is 212 g/mol. The summed E-state index contributed by atoms with van der Waals surface area (Å²) in [6.45, 7) is 0. The molecule has 2 N–H and O–H groups in total. The number of Topliss-reactive ketones (excluding diaryl/α,β-unsaturated/α-hetero) is 1. The molecule has 0 aliphatic rings. The Morgan fingerprint density at radius 1 is 0.688 bits per heavy atom. The molecule has 0 heterocycles. The maximum absolute atomic E-state index is 11.0. The summed E-state index contributed by atoms with van der Waals surface area (Å²) in [5.41, 5.74) is 0. The van der Waals surface area contributed by atoms with Crippen LogP contribution in [0.3, 0.4) is 0 Å². The Balaban J connectivity index is 3.24. The van der Waals surface area contributed by atoms with Crippen molar-refractivity contribution >= 4 is 17.7 Å². The topological polar surface area (TPSA) is 91.7 Å². The van der Waals surface area contributed by atoms with Crippen molar-refractivity contribution in [1.82, 2.24) is 0 Å². The first-order valence-electron chi connectivity index (χ1n) is 5.47. The first-order valence-corrected chi connectivity index (χ1v) is 5.47. The van der Waals surface area contributed by atoms with Crippen LogP contribution in [0, 0.1) is 0 Å². The number of carboxylic acids is 2.